The number of amides is 1. The fourth-order valence-corrected chi connectivity index (χ4v) is 5.01. The van der Waals surface area contributed by atoms with E-state index in [1.54, 1.807) is 18.8 Å². The van der Waals surface area contributed by atoms with Gasteiger partial charge in [-0.15, -0.1) is 23.1 Å². The molecule has 0 aromatic carbocycles. The van der Waals surface area contributed by atoms with Crippen LogP contribution in [0.5, 0.6) is 0 Å². The minimum absolute atomic E-state index is 0.0950. The van der Waals surface area contributed by atoms with Crippen LogP contribution >= 0.6 is 23.1 Å². The summed E-state index contributed by atoms with van der Waals surface area (Å²) in [6.45, 7) is 2.07. The smallest absolute Gasteiger partial charge is 0.263 e. The Morgan fingerprint density at radius 1 is 1.57 bits per heavy atom. The highest BCUT2D eigenvalue weighted by Gasteiger charge is 2.31. The van der Waals surface area contributed by atoms with Crippen molar-refractivity contribution < 1.29 is 4.79 Å². The molecule has 0 saturated carbocycles. The fourth-order valence-electron chi connectivity index (χ4n) is 2.80. The van der Waals surface area contributed by atoms with Crippen molar-refractivity contribution in [3.63, 3.8) is 0 Å². The second kappa shape index (κ2) is 6.89. The number of nitrogens with zero attached hydrogens (tertiary/aromatic N) is 2. The monoisotopic (exact) mass is 328 g/mol. The van der Waals surface area contributed by atoms with Crippen LogP contribution in [-0.2, 0) is 0 Å². The summed E-state index contributed by atoms with van der Waals surface area (Å²) < 4.78 is 0. The first-order valence-electron chi connectivity index (χ1n) is 7.09. The van der Waals surface area contributed by atoms with Gasteiger partial charge in [0.2, 0.25) is 0 Å². The van der Waals surface area contributed by atoms with E-state index in [-0.39, 0.29) is 5.91 Å². The number of rotatable bonds is 5. The molecule has 0 radical (unpaired) electrons. The van der Waals surface area contributed by atoms with Crippen LogP contribution in [0.3, 0.4) is 0 Å². The van der Waals surface area contributed by atoms with Crippen molar-refractivity contribution in [3.05, 3.63) is 4.88 Å². The van der Waals surface area contributed by atoms with Gasteiger partial charge in [-0.3, -0.25) is 4.79 Å². The third-order valence-electron chi connectivity index (χ3n) is 3.73. The summed E-state index contributed by atoms with van der Waals surface area (Å²) in [6.07, 6.45) is 4.41. The second-order valence-corrected chi connectivity index (χ2v) is 7.33. The number of thioether (sulfide) groups is 1. The molecule has 1 aromatic heterocycles. The van der Waals surface area contributed by atoms with E-state index < -0.39 is 0 Å². The van der Waals surface area contributed by atoms with Gasteiger partial charge < -0.3 is 20.9 Å². The molecule has 1 aliphatic heterocycles. The summed E-state index contributed by atoms with van der Waals surface area (Å²) in [5.41, 5.74) is 6.82. The molecule has 118 valence electrons. The highest BCUT2D eigenvalue weighted by molar-refractivity contribution is 7.99. The van der Waals surface area contributed by atoms with Crippen LogP contribution in [0.15, 0.2) is 4.90 Å². The van der Waals surface area contributed by atoms with E-state index in [1.807, 2.05) is 6.26 Å². The number of nitrogens with two attached hydrogens (primary N) is 1. The standard InChI is InChI=1S/C14H24N4OS2/c1-16-13(19)11-10(15)12(20-4)14(21-11)18-7-5-6-9(18)8-17(2)3/h9H,5-8,15H2,1-4H3,(H,16,19). The zero-order chi connectivity index (χ0) is 15.6. The van der Waals surface area contributed by atoms with Crippen LogP contribution in [0.25, 0.3) is 0 Å². The number of hydrogen-bond acceptors (Lipinski definition) is 6. The Bertz CT molecular complexity index is 515. The maximum absolute atomic E-state index is 12.0. The Morgan fingerprint density at radius 3 is 2.86 bits per heavy atom. The number of likely N-dealkylation sites (N-methyl/N-ethyl adjacent to an activating group) is 1. The summed E-state index contributed by atoms with van der Waals surface area (Å²) in [4.78, 5) is 18.3. The molecule has 1 aromatic rings. The molecule has 1 unspecified atom stereocenters. The van der Waals surface area contributed by atoms with Crippen molar-refractivity contribution in [1.82, 2.24) is 10.2 Å². The molecule has 1 saturated heterocycles. The Balaban J connectivity index is 2.36. The molecule has 1 amide bonds. The Hall–Kier alpha value is -0.920. The van der Waals surface area contributed by atoms with Gasteiger partial charge in [-0.05, 0) is 33.2 Å². The first-order valence-corrected chi connectivity index (χ1v) is 9.13. The molecule has 1 atom stereocenters. The van der Waals surface area contributed by atoms with Crippen molar-refractivity contribution in [2.24, 2.45) is 0 Å². The van der Waals surface area contributed by atoms with E-state index in [2.05, 4.69) is 29.2 Å². The normalized spacial score (nSPS) is 18.5. The van der Waals surface area contributed by atoms with Crippen molar-refractivity contribution in [2.75, 3.05) is 51.1 Å². The maximum atomic E-state index is 12.0. The van der Waals surface area contributed by atoms with Gasteiger partial charge in [-0.2, -0.15) is 0 Å². The maximum Gasteiger partial charge on any atom is 0.263 e. The highest BCUT2D eigenvalue weighted by atomic mass is 32.2. The van der Waals surface area contributed by atoms with Crippen molar-refractivity contribution in [1.29, 1.82) is 0 Å². The summed E-state index contributed by atoms with van der Waals surface area (Å²) in [5, 5.41) is 3.83. The van der Waals surface area contributed by atoms with Gasteiger partial charge in [-0.1, -0.05) is 0 Å². The SMILES string of the molecule is CNC(=O)c1sc(N2CCCC2CN(C)C)c(SC)c1N. The summed E-state index contributed by atoms with van der Waals surface area (Å²) in [6, 6.07) is 0.501. The van der Waals surface area contributed by atoms with Gasteiger partial charge in [-0.25, -0.2) is 0 Å². The number of hydrogen-bond donors (Lipinski definition) is 2. The predicted molar refractivity (Wildman–Crippen MR) is 92.8 cm³/mol. The minimum Gasteiger partial charge on any atom is -0.396 e. The number of thiophene rings is 1. The summed E-state index contributed by atoms with van der Waals surface area (Å²) >= 11 is 3.15. The Kier molecular flexibility index (Phi) is 5.40. The van der Waals surface area contributed by atoms with E-state index in [9.17, 15) is 4.79 Å². The van der Waals surface area contributed by atoms with Gasteiger partial charge >= 0.3 is 0 Å². The average molecular weight is 329 g/mol. The average Bonchev–Trinajstić information content (AvgIpc) is 3.01. The van der Waals surface area contributed by atoms with E-state index in [1.165, 1.54) is 24.2 Å². The van der Waals surface area contributed by atoms with Gasteiger partial charge in [0.1, 0.15) is 9.88 Å². The van der Waals surface area contributed by atoms with Gasteiger partial charge in [0.25, 0.3) is 5.91 Å². The largest absolute Gasteiger partial charge is 0.396 e. The summed E-state index contributed by atoms with van der Waals surface area (Å²) in [7, 11) is 5.85. The van der Waals surface area contributed by atoms with Crippen LogP contribution in [0.2, 0.25) is 0 Å². The number of carbonyl (C=O) groups is 1. The lowest BCUT2D eigenvalue weighted by Gasteiger charge is -2.28. The highest BCUT2D eigenvalue weighted by Crippen LogP contribution is 2.45. The van der Waals surface area contributed by atoms with Gasteiger partial charge in [0.15, 0.2) is 0 Å². The van der Waals surface area contributed by atoms with E-state index >= 15 is 0 Å². The second-order valence-electron chi connectivity index (χ2n) is 5.51. The van der Waals surface area contributed by atoms with Crippen molar-refractivity contribution in [3.8, 4) is 0 Å². The number of nitrogen functional groups attached to an aromatic ring is 1. The Labute approximate surface area is 134 Å². The molecule has 0 bridgehead atoms. The molecular formula is C14H24N4OS2. The van der Waals surface area contributed by atoms with E-state index in [4.69, 9.17) is 5.73 Å². The zero-order valence-electron chi connectivity index (χ0n) is 13.1. The topological polar surface area (TPSA) is 61.6 Å². The molecule has 1 aliphatic rings. The lowest BCUT2D eigenvalue weighted by molar-refractivity contribution is 0.0968. The van der Waals surface area contributed by atoms with Gasteiger partial charge in [0, 0.05) is 26.2 Å². The molecule has 21 heavy (non-hydrogen) atoms. The third kappa shape index (κ3) is 3.30. The predicted octanol–water partition coefficient (Wildman–Crippen LogP) is 1.94. The van der Waals surface area contributed by atoms with E-state index in [0.29, 0.717) is 16.6 Å². The van der Waals surface area contributed by atoms with Gasteiger partial charge in [0.05, 0.1) is 10.6 Å². The van der Waals surface area contributed by atoms with E-state index in [0.717, 1.165) is 23.0 Å². The molecule has 0 aliphatic carbocycles. The number of nitrogens with one attached hydrogen (secondary N) is 1. The molecule has 3 N–H and O–H groups in total. The lowest BCUT2D eigenvalue weighted by Crippen LogP contribution is -2.37. The first kappa shape index (κ1) is 16.5. The molecule has 2 rings (SSSR count). The first-order chi connectivity index (χ1) is 9.99. The lowest BCUT2D eigenvalue weighted by atomic mass is 10.2. The fraction of sp³-hybridized carbons (Fsp3) is 0.643. The molecule has 7 heteroatoms. The third-order valence-corrected chi connectivity index (χ3v) is 5.93. The van der Waals surface area contributed by atoms with Crippen LogP contribution in [0.4, 0.5) is 10.7 Å². The van der Waals surface area contributed by atoms with Crippen LogP contribution in [0.1, 0.15) is 22.5 Å². The summed E-state index contributed by atoms with van der Waals surface area (Å²) in [5.74, 6) is -0.0950. The molecule has 2 heterocycles. The molecular weight excluding hydrogens is 304 g/mol. The minimum atomic E-state index is -0.0950. The molecule has 5 nitrogen and oxygen atoms in total. The number of anilines is 2. The molecule has 1 fully saturated rings. The van der Waals surface area contributed by atoms with Crippen molar-refractivity contribution >= 4 is 39.7 Å². The van der Waals surface area contributed by atoms with Crippen molar-refractivity contribution in [2.45, 2.75) is 23.8 Å². The zero-order valence-corrected chi connectivity index (χ0v) is 14.7. The van der Waals surface area contributed by atoms with Crippen LogP contribution < -0.4 is 16.0 Å². The molecule has 0 spiro atoms. The number of carbonyl (C=O) groups excluding carboxylic acids is 1. The quantitative estimate of drug-likeness (QED) is 0.809. The van der Waals surface area contributed by atoms with Crippen LogP contribution in [0, 0.1) is 0 Å². The Morgan fingerprint density at radius 2 is 2.29 bits per heavy atom. The van der Waals surface area contributed by atoms with Crippen LogP contribution in [-0.4, -0.2) is 57.3 Å².